The summed E-state index contributed by atoms with van der Waals surface area (Å²) >= 11 is 11.7. The first kappa shape index (κ1) is 19.1. The lowest BCUT2D eigenvalue weighted by Crippen LogP contribution is -2.38. The molecular formula is C18H20Cl2N4O. The number of carbonyl (C=O) groups excluding carboxylic acids is 1. The molecule has 7 heteroatoms. The summed E-state index contributed by atoms with van der Waals surface area (Å²) in [5.74, 6) is 0.139. The lowest BCUT2D eigenvalue weighted by atomic mass is 10.2. The third kappa shape index (κ3) is 6.64. The minimum Gasteiger partial charge on any atom is -0.370 e. The number of nitrogens with zero attached hydrogens (tertiary/aromatic N) is 1. The number of nitrogens with two attached hydrogens (primary N) is 1. The van der Waals surface area contributed by atoms with Gasteiger partial charge >= 0.3 is 0 Å². The van der Waals surface area contributed by atoms with Crippen LogP contribution in [0, 0.1) is 0 Å². The second-order valence-corrected chi connectivity index (χ2v) is 6.13. The third-order valence-electron chi connectivity index (χ3n) is 3.42. The predicted molar refractivity (Wildman–Crippen MR) is 103 cm³/mol. The molecule has 1 amide bonds. The highest BCUT2D eigenvalue weighted by molar-refractivity contribution is 6.42. The summed E-state index contributed by atoms with van der Waals surface area (Å²) in [5.41, 5.74) is 7.47. The third-order valence-corrected chi connectivity index (χ3v) is 4.16. The molecule has 0 saturated heterocycles. The van der Waals surface area contributed by atoms with Crippen molar-refractivity contribution < 1.29 is 4.79 Å². The van der Waals surface area contributed by atoms with E-state index >= 15 is 0 Å². The highest BCUT2D eigenvalue weighted by Crippen LogP contribution is 2.22. The zero-order valence-electron chi connectivity index (χ0n) is 13.6. The lowest BCUT2D eigenvalue weighted by Gasteiger charge is -2.08. The molecule has 0 spiro atoms. The zero-order valence-corrected chi connectivity index (χ0v) is 15.1. The van der Waals surface area contributed by atoms with Crippen LogP contribution in [-0.4, -0.2) is 31.5 Å². The Bertz CT molecular complexity index is 735. The van der Waals surface area contributed by atoms with Crippen LogP contribution in [0.5, 0.6) is 0 Å². The first-order valence-corrected chi connectivity index (χ1v) is 8.63. The number of rotatable bonds is 7. The van der Waals surface area contributed by atoms with Crippen molar-refractivity contribution in [1.82, 2.24) is 10.6 Å². The number of amides is 1. The fraction of sp³-hybridized carbons (Fsp3) is 0.222. The molecule has 0 fully saturated rings. The molecule has 0 aromatic heterocycles. The van der Waals surface area contributed by atoms with Gasteiger partial charge in [0.15, 0.2) is 5.96 Å². The van der Waals surface area contributed by atoms with Crippen LogP contribution in [0.3, 0.4) is 0 Å². The quantitative estimate of drug-likeness (QED) is 0.393. The van der Waals surface area contributed by atoms with E-state index in [0.717, 1.165) is 6.42 Å². The number of carbonyl (C=O) groups is 1. The normalized spacial score (nSPS) is 11.2. The van der Waals surface area contributed by atoms with E-state index in [1.807, 2.05) is 18.2 Å². The van der Waals surface area contributed by atoms with Crippen molar-refractivity contribution in [1.29, 1.82) is 0 Å². The van der Waals surface area contributed by atoms with E-state index in [9.17, 15) is 4.79 Å². The molecule has 2 rings (SSSR count). The summed E-state index contributed by atoms with van der Waals surface area (Å²) < 4.78 is 0. The molecule has 0 aliphatic rings. The van der Waals surface area contributed by atoms with Gasteiger partial charge in [-0.05, 0) is 30.2 Å². The number of aliphatic imine (C=N–C) groups is 1. The topological polar surface area (TPSA) is 79.5 Å². The molecule has 0 saturated carbocycles. The highest BCUT2D eigenvalue weighted by atomic mass is 35.5. The molecule has 0 bridgehead atoms. The van der Waals surface area contributed by atoms with E-state index < -0.39 is 0 Å². The van der Waals surface area contributed by atoms with Gasteiger partial charge in [0.05, 0.1) is 10.0 Å². The van der Waals surface area contributed by atoms with Crippen LogP contribution in [0.2, 0.25) is 10.0 Å². The van der Waals surface area contributed by atoms with Gasteiger partial charge in [-0.3, -0.25) is 9.79 Å². The van der Waals surface area contributed by atoms with Crippen molar-refractivity contribution in [3.05, 3.63) is 69.7 Å². The van der Waals surface area contributed by atoms with Gasteiger partial charge < -0.3 is 16.4 Å². The van der Waals surface area contributed by atoms with E-state index in [-0.39, 0.29) is 5.91 Å². The number of halogens is 2. The number of guanidine groups is 1. The summed E-state index contributed by atoms with van der Waals surface area (Å²) in [6.45, 7) is 1.50. The maximum atomic E-state index is 12.0. The molecule has 2 aromatic carbocycles. The van der Waals surface area contributed by atoms with Crippen LogP contribution < -0.4 is 16.4 Å². The second-order valence-electron chi connectivity index (χ2n) is 5.31. The number of hydrogen-bond donors (Lipinski definition) is 3. The van der Waals surface area contributed by atoms with E-state index in [2.05, 4.69) is 27.8 Å². The Labute approximate surface area is 157 Å². The van der Waals surface area contributed by atoms with E-state index in [4.69, 9.17) is 28.9 Å². The van der Waals surface area contributed by atoms with Gasteiger partial charge in [-0.1, -0.05) is 53.5 Å². The van der Waals surface area contributed by atoms with Gasteiger partial charge in [0.1, 0.15) is 0 Å². The Kier molecular flexibility index (Phi) is 7.57. The number of hydrogen-bond acceptors (Lipinski definition) is 2. The maximum absolute atomic E-state index is 12.0. The Morgan fingerprint density at radius 3 is 2.44 bits per heavy atom. The number of benzene rings is 2. The molecule has 0 atom stereocenters. The Hall–Kier alpha value is -2.24. The van der Waals surface area contributed by atoms with Crippen molar-refractivity contribution >= 4 is 35.1 Å². The van der Waals surface area contributed by atoms with Gasteiger partial charge in [0.25, 0.3) is 5.91 Å². The molecule has 25 heavy (non-hydrogen) atoms. The average Bonchev–Trinajstić information content (AvgIpc) is 2.62. The van der Waals surface area contributed by atoms with Gasteiger partial charge in [0, 0.05) is 25.2 Å². The SMILES string of the molecule is NC(=NCCc1ccccc1)NCCNC(=O)c1ccc(Cl)c(Cl)c1. The molecular weight excluding hydrogens is 359 g/mol. The van der Waals surface area contributed by atoms with Crippen molar-refractivity contribution in [3.8, 4) is 0 Å². The molecule has 0 aliphatic carbocycles. The predicted octanol–water partition coefficient (Wildman–Crippen LogP) is 2.87. The summed E-state index contributed by atoms with van der Waals surface area (Å²) in [7, 11) is 0. The average molecular weight is 379 g/mol. The molecule has 0 heterocycles. The molecule has 2 aromatic rings. The van der Waals surface area contributed by atoms with Gasteiger partial charge in [0.2, 0.25) is 0 Å². The molecule has 132 valence electrons. The van der Waals surface area contributed by atoms with Crippen LogP contribution in [0.15, 0.2) is 53.5 Å². The zero-order chi connectivity index (χ0) is 18.1. The summed E-state index contributed by atoms with van der Waals surface area (Å²) in [6, 6.07) is 14.8. The van der Waals surface area contributed by atoms with Crippen LogP contribution in [0.1, 0.15) is 15.9 Å². The number of nitrogens with one attached hydrogen (secondary N) is 2. The molecule has 0 radical (unpaired) electrons. The van der Waals surface area contributed by atoms with Crippen molar-refractivity contribution in [2.75, 3.05) is 19.6 Å². The van der Waals surface area contributed by atoms with Gasteiger partial charge in [-0.15, -0.1) is 0 Å². The molecule has 0 aliphatic heterocycles. The monoisotopic (exact) mass is 378 g/mol. The van der Waals surface area contributed by atoms with Crippen molar-refractivity contribution in [2.45, 2.75) is 6.42 Å². The minimum atomic E-state index is -0.222. The molecule has 4 N–H and O–H groups in total. The Morgan fingerprint density at radius 2 is 1.72 bits per heavy atom. The summed E-state index contributed by atoms with van der Waals surface area (Å²) in [5, 5.41) is 6.50. The fourth-order valence-electron chi connectivity index (χ4n) is 2.11. The summed E-state index contributed by atoms with van der Waals surface area (Å²) in [4.78, 5) is 16.2. The lowest BCUT2D eigenvalue weighted by molar-refractivity contribution is 0.0954. The van der Waals surface area contributed by atoms with Crippen LogP contribution in [0.4, 0.5) is 0 Å². The molecule has 5 nitrogen and oxygen atoms in total. The van der Waals surface area contributed by atoms with Crippen molar-refractivity contribution in [2.24, 2.45) is 10.7 Å². The molecule has 0 unspecified atom stereocenters. The summed E-state index contributed by atoms with van der Waals surface area (Å²) in [6.07, 6.45) is 0.831. The van der Waals surface area contributed by atoms with Gasteiger partial charge in [-0.2, -0.15) is 0 Å². The first-order chi connectivity index (χ1) is 12.1. The van der Waals surface area contributed by atoms with E-state index in [0.29, 0.717) is 41.2 Å². The first-order valence-electron chi connectivity index (χ1n) is 7.87. The highest BCUT2D eigenvalue weighted by Gasteiger charge is 2.07. The second kappa shape index (κ2) is 9.91. The smallest absolute Gasteiger partial charge is 0.251 e. The largest absolute Gasteiger partial charge is 0.370 e. The van der Waals surface area contributed by atoms with E-state index in [1.165, 1.54) is 11.6 Å². The maximum Gasteiger partial charge on any atom is 0.251 e. The van der Waals surface area contributed by atoms with Crippen LogP contribution >= 0.6 is 23.2 Å². The van der Waals surface area contributed by atoms with Crippen LogP contribution in [0.25, 0.3) is 0 Å². The Morgan fingerprint density at radius 1 is 1.00 bits per heavy atom. The minimum absolute atomic E-state index is 0.222. The van der Waals surface area contributed by atoms with Crippen LogP contribution in [-0.2, 0) is 6.42 Å². The Balaban J connectivity index is 1.66. The fourth-order valence-corrected chi connectivity index (χ4v) is 2.41. The van der Waals surface area contributed by atoms with Crippen molar-refractivity contribution in [3.63, 3.8) is 0 Å². The van der Waals surface area contributed by atoms with Gasteiger partial charge in [-0.25, -0.2) is 0 Å². The van der Waals surface area contributed by atoms with E-state index in [1.54, 1.807) is 12.1 Å². The standard InChI is InChI=1S/C18H20Cl2N4O/c19-15-7-6-14(12-16(15)20)17(25)22-10-11-24-18(21)23-9-8-13-4-2-1-3-5-13/h1-7,12H,8-11H2,(H,22,25)(H3,21,23,24).